The van der Waals surface area contributed by atoms with E-state index >= 15 is 0 Å². The first-order valence-electron chi connectivity index (χ1n) is 15.4. The predicted octanol–water partition coefficient (Wildman–Crippen LogP) is 11.4. The van der Waals surface area contributed by atoms with E-state index in [2.05, 4.69) is 146 Å². The number of hydrogen-bond acceptors (Lipinski definition) is 2. The van der Waals surface area contributed by atoms with Crippen LogP contribution >= 0.6 is 0 Å². The third-order valence-corrected chi connectivity index (χ3v) is 9.78. The van der Waals surface area contributed by atoms with Crippen molar-refractivity contribution < 1.29 is 9.15 Å². The highest BCUT2D eigenvalue weighted by Gasteiger charge is 2.50. The predicted molar refractivity (Wildman–Crippen MR) is 182 cm³/mol. The van der Waals surface area contributed by atoms with Crippen LogP contribution in [0.15, 0.2) is 162 Å². The Morgan fingerprint density at radius 3 is 1.64 bits per heavy atom. The van der Waals surface area contributed by atoms with E-state index in [9.17, 15) is 0 Å². The molecular weight excluding hydrogens is 548 g/mol. The normalized spacial score (nSPS) is 13.7. The van der Waals surface area contributed by atoms with Gasteiger partial charge in [-0.3, -0.25) is 0 Å². The molecule has 45 heavy (non-hydrogen) atoms. The van der Waals surface area contributed by atoms with Gasteiger partial charge in [0, 0.05) is 21.9 Å². The summed E-state index contributed by atoms with van der Waals surface area (Å²) in [6.07, 6.45) is 0. The number of furan rings is 1. The van der Waals surface area contributed by atoms with Crippen molar-refractivity contribution >= 4 is 21.9 Å². The number of ether oxygens (including phenoxy) is 1. The van der Waals surface area contributed by atoms with Gasteiger partial charge in [-0.15, -0.1) is 0 Å². The van der Waals surface area contributed by atoms with Crippen molar-refractivity contribution in [3.63, 3.8) is 0 Å². The second-order valence-corrected chi connectivity index (χ2v) is 12.0. The molecule has 0 amide bonds. The van der Waals surface area contributed by atoms with Crippen molar-refractivity contribution in [2.45, 2.75) is 5.41 Å². The summed E-state index contributed by atoms with van der Waals surface area (Å²) < 4.78 is 13.0. The van der Waals surface area contributed by atoms with E-state index in [0.29, 0.717) is 0 Å². The van der Waals surface area contributed by atoms with E-state index in [-0.39, 0.29) is 0 Å². The van der Waals surface area contributed by atoms with Gasteiger partial charge in [-0.1, -0.05) is 127 Å². The lowest BCUT2D eigenvalue weighted by Gasteiger charge is -2.39. The number of benzene rings is 7. The molecule has 0 bridgehead atoms. The molecule has 2 heteroatoms. The SMILES string of the molecule is c1ccc2c(c1)Oc1cc(-c3ccccc3-c3ccc4c(c3)oc3ccccc34)ccc1C21c2ccccc2-c2ccccc21. The zero-order chi connectivity index (χ0) is 29.5. The van der Waals surface area contributed by atoms with Crippen molar-refractivity contribution in [3.8, 4) is 44.9 Å². The number of fused-ring (bicyclic) bond motifs is 12. The maximum atomic E-state index is 6.78. The summed E-state index contributed by atoms with van der Waals surface area (Å²) in [5.41, 5.74) is 13.4. The van der Waals surface area contributed by atoms with Crippen LogP contribution in [-0.2, 0) is 5.41 Å². The molecular formula is C43H26O2. The molecule has 7 aromatic carbocycles. The maximum absolute atomic E-state index is 6.78. The van der Waals surface area contributed by atoms with Crippen LogP contribution in [0.4, 0.5) is 0 Å². The van der Waals surface area contributed by atoms with Crippen molar-refractivity contribution in [1.29, 1.82) is 0 Å². The molecule has 0 radical (unpaired) electrons. The van der Waals surface area contributed by atoms with Gasteiger partial charge in [0.2, 0.25) is 0 Å². The fraction of sp³-hybridized carbons (Fsp3) is 0.0233. The molecule has 2 heterocycles. The lowest BCUT2D eigenvalue weighted by molar-refractivity contribution is 0.436. The third kappa shape index (κ3) is 3.29. The Morgan fingerprint density at radius 1 is 0.356 bits per heavy atom. The molecule has 2 aliphatic rings. The minimum absolute atomic E-state index is 0.457. The van der Waals surface area contributed by atoms with E-state index in [1.165, 1.54) is 33.4 Å². The second kappa shape index (κ2) is 9.07. The third-order valence-electron chi connectivity index (χ3n) is 9.78. The molecule has 0 unspecified atom stereocenters. The summed E-state index contributed by atoms with van der Waals surface area (Å²) in [5, 5.41) is 2.28. The fourth-order valence-corrected chi connectivity index (χ4v) is 7.91. The lowest BCUT2D eigenvalue weighted by atomic mass is 9.66. The molecule has 1 aliphatic heterocycles. The molecule has 0 saturated heterocycles. The van der Waals surface area contributed by atoms with E-state index < -0.39 is 5.41 Å². The highest BCUT2D eigenvalue weighted by Crippen LogP contribution is 2.62. The molecule has 10 rings (SSSR count). The van der Waals surface area contributed by atoms with Crippen LogP contribution in [0.2, 0.25) is 0 Å². The van der Waals surface area contributed by atoms with Crippen LogP contribution in [0.5, 0.6) is 11.5 Å². The Hall–Kier alpha value is -5.86. The van der Waals surface area contributed by atoms with Crippen molar-refractivity contribution in [2.75, 3.05) is 0 Å². The highest BCUT2D eigenvalue weighted by molar-refractivity contribution is 6.06. The van der Waals surface area contributed by atoms with Crippen molar-refractivity contribution in [2.24, 2.45) is 0 Å². The molecule has 1 aliphatic carbocycles. The monoisotopic (exact) mass is 574 g/mol. The van der Waals surface area contributed by atoms with Gasteiger partial charge in [-0.2, -0.15) is 0 Å². The Labute approximate surface area is 260 Å². The highest BCUT2D eigenvalue weighted by atomic mass is 16.5. The summed E-state index contributed by atoms with van der Waals surface area (Å²) in [6.45, 7) is 0. The fourth-order valence-electron chi connectivity index (χ4n) is 7.91. The summed E-state index contributed by atoms with van der Waals surface area (Å²) >= 11 is 0. The number of hydrogen-bond donors (Lipinski definition) is 0. The van der Waals surface area contributed by atoms with Gasteiger partial charge >= 0.3 is 0 Å². The van der Waals surface area contributed by atoms with Crippen molar-refractivity contribution in [1.82, 2.24) is 0 Å². The van der Waals surface area contributed by atoms with Gasteiger partial charge < -0.3 is 9.15 Å². The first-order valence-corrected chi connectivity index (χ1v) is 15.4. The van der Waals surface area contributed by atoms with Gasteiger partial charge in [-0.25, -0.2) is 0 Å². The quantitative estimate of drug-likeness (QED) is 0.205. The molecule has 1 spiro atoms. The van der Waals surface area contributed by atoms with Crippen LogP contribution in [0.1, 0.15) is 22.3 Å². The molecule has 0 N–H and O–H groups in total. The van der Waals surface area contributed by atoms with Gasteiger partial charge in [-0.05, 0) is 74.8 Å². The maximum Gasteiger partial charge on any atom is 0.136 e. The first kappa shape index (κ1) is 24.6. The smallest absolute Gasteiger partial charge is 0.136 e. The molecule has 0 fully saturated rings. The zero-order valence-electron chi connectivity index (χ0n) is 24.3. The average molecular weight is 575 g/mol. The summed E-state index contributed by atoms with van der Waals surface area (Å²) in [6, 6.07) is 56.4. The van der Waals surface area contributed by atoms with Gasteiger partial charge in [0.15, 0.2) is 0 Å². The Bertz CT molecular complexity index is 2430. The Morgan fingerprint density at radius 2 is 0.889 bits per heavy atom. The second-order valence-electron chi connectivity index (χ2n) is 12.0. The van der Waals surface area contributed by atoms with Crippen LogP contribution in [-0.4, -0.2) is 0 Å². The Balaban J connectivity index is 1.18. The van der Waals surface area contributed by atoms with Crippen LogP contribution in [0.25, 0.3) is 55.3 Å². The molecule has 0 saturated carbocycles. The summed E-state index contributed by atoms with van der Waals surface area (Å²) in [7, 11) is 0. The molecule has 210 valence electrons. The molecule has 2 nitrogen and oxygen atoms in total. The lowest BCUT2D eigenvalue weighted by Crippen LogP contribution is -2.32. The van der Waals surface area contributed by atoms with E-state index in [1.54, 1.807) is 0 Å². The first-order chi connectivity index (χ1) is 22.3. The summed E-state index contributed by atoms with van der Waals surface area (Å²) in [4.78, 5) is 0. The van der Waals surface area contributed by atoms with E-state index in [1.807, 2.05) is 12.1 Å². The molecule has 0 atom stereocenters. The van der Waals surface area contributed by atoms with Crippen LogP contribution in [0.3, 0.4) is 0 Å². The molecule has 1 aromatic heterocycles. The van der Waals surface area contributed by atoms with E-state index in [0.717, 1.165) is 55.7 Å². The van der Waals surface area contributed by atoms with Crippen LogP contribution < -0.4 is 4.74 Å². The number of para-hydroxylation sites is 2. The number of rotatable bonds is 2. The van der Waals surface area contributed by atoms with Gasteiger partial charge in [0.25, 0.3) is 0 Å². The average Bonchev–Trinajstić information content (AvgIpc) is 3.62. The topological polar surface area (TPSA) is 22.4 Å². The standard InChI is InChI=1S/C43H26O2/c1-2-12-30(29(11-1)27-21-23-34-33-15-5-9-19-39(33)44-41(34)25-27)28-22-24-38-42(26-28)45-40-20-10-8-18-37(40)43(38)35-16-6-3-13-31(35)32-14-4-7-17-36(32)43/h1-26H. The van der Waals surface area contributed by atoms with Gasteiger partial charge in [0.05, 0.1) is 5.41 Å². The van der Waals surface area contributed by atoms with E-state index in [4.69, 9.17) is 9.15 Å². The largest absolute Gasteiger partial charge is 0.457 e. The van der Waals surface area contributed by atoms with Crippen LogP contribution in [0, 0.1) is 0 Å². The Kier molecular flexibility index (Phi) is 4.95. The molecule has 8 aromatic rings. The van der Waals surface area contributed by atoms with Gasteiger partial charge in [0.1, 0.15) is 22.7 Å². The van der Waals surface area contributed by atoms with Crippen molar-refractivity contribution in [3.05, 3.63) is 180 Å². The zero-order valence-corrected chi connectivity index (χ0v) is 24.3. The summed E-state index contributed by atoms with van der Waals surface area (Å²) in [5.74, 6) is 1.79. The minimum Gasteiger partial charge on any atom is -0.457 e. The minimum atomic E-state index is -0.457.